The van der Waals surface area contributed by atoms with Gasteiger partial charge in [-0.25, -0.2) is 0 Å². The van der Waals surface area contributed by atoms with Crippen LogP contribution in [0.2, 0.25) is 0 Å². The molecule has 0 heterocycles. The predicted molar refractivity (Wildman–Crippen MR) is 91.3 cm³/mol. The molecular weight excluding hydrogens is 408 g/mol. The van der Waals surface area contributed by atoms with Crippen LogP contribution < -0.4 is 0 Å². The molecule has 1 aromatic rings. The molecule has 0 spiro atoms. The van der Waals surface area contributed by atoms with Gasteiger partial charge in [0.2, 0.25) is 0 Å². The standard InChI is InChI=1S/C18H17Cl2F3O4/c1-26-14(24)11-7-13-16(17(13,19)20,8-12(11)15(25)27-2)9-4-3-5-10(6-9)18(21,22)23/h3-6,11-13H,7-8H2,1-2H3/t11-,12-,13+,16+/m0/s1. The Morgan fingerprint density at radius 2 is 1.70 bits per heavy atom. The number of hydrogen-bond acceptors (Lipinski definition) is 4. The van der Waals surface area contributed by atoms with Crippen molar-refractivity contribution in [1.82, 2.24) is 0 Å². The van der Waals surface area contributed by atoms with Gasteiger partial charge in [-0.1, -0.05) is 18.2 Å². The first-order valence-corrected chi connectivity index (χ1v) is 8.97. The fraction of sp³-hybridized carbons (Fsp3) is 0.556. The van der Waals surface area contributed by atoms with E-state index in [1.807, 2.05) is 0 Å². The molecule has 148 valence electrons. The van der Waals surface area contributed by atoms with Crippen LogP contribution in [0.1, 0.15) is 24.0 Å². The van der Waals surface area contributed by atoms with Gasteiger partial charge in [-0.3, -0.25) is 9.59 Å². The number of esters is 2. The molecule has 0 amide bonds. The maximum Gasteiger partial charge on any atom is 0.416 e. The molecule has 0 radical (unpaired) electrons. The van der Waals surface area contributed by atoms with Gasteiger partial charge in [0.05, 0.1) is 31.6 Å². The van der Waals surface area contributed by atoms with E-state index in [9.17, 15) is 22.8 Å². The smallest absolute Gasteiger partial charge is 0.416 e. The number of carbonyl (C=O) groups is 2. The van der Waals surface area contributed by atoms with E-state index in [4.69, 9.17) is 32.7 Å². The van der Waals surface area contributed by atoms with Crippen molar-refractivity contribution in [3.8, 4) is 0 Å². The first-order chi connectivity index (χ1) is 12.5. The molecule has 0 aliphatic heterocycles. The number of carbonyl (C=O) groups excluding carboxylic acids is 2. The first kappa shape index (κ1) is 20.3. The zero-order valence-corrected chi connectivity index (χ0v) is 16.0. The third-order valence-corrected chi connectivity index (χ3v) is 6.98. The van der Waals surface area contributed by atoms with Gasteiger partial charge in [0.25, 0.3) is 0 Å². The van der Waals surface area contributed by atoms with Crippen LogP contribution in [0.4, 0.5) is 13.2 Å². The Morgan fingerprint density at radius 3 is 2.26 bits per heavy atom. The largest absolute Gasteiger partial charge is 0.469 e. The van der Waals surface area contributed by atoms with Gasteiger partial charge in [-0.2, -0.15) is 13.2 Å². The third-order valence-electron chi connectivity index (χ3n) is 5.77. The monoisotopic (exact) mass is 424 g/mol. The number of benzene rings is 1. The molecular formula is C18H17Cl2F3O4. The molecule has 2 fully saturated rings. The maximum absolute atomic E-state index is 13.1. The van der Waals surface area contributed by atoms with Gasteiger partial charge >= 0.3 is 18.1 Å². The lowest BCUT2D eigenvalue weighted by Gasteiger charge is -2.32. The van der Waals surface area contributed by atoms with Crippen LogP contribution in [-0.2, 0) is 30.7 Å². The lowest BCUT2D eigenvalue weighted by Crippen LogP contribution is -2.39. The topological polar surface area (TPSA) is 52.6 Å². The highest BCUT2D eigenvalue weighted by atomic mass is 35.5. The Balaban J connectivity index is 2.05. The van der Waals surface area contributed by atoms with Crippen molar-refractivity contribution < 1.29 is 32.2 Å². The lowest BCUT2D eigenvalue weighted by atomic mass is 9.71. The number of alkyl halides is 5. The number of rotatable bonds is 3. The third kappa shape index (κ3) is 2.99. The summed E-state index contributed by atoms with van der Waals surface area (Å²) in [5, 5.41) is 0. The Hall–Kier alpha value is -1.47. The van der Waals surface area contributed by atoms with Gasteiger partial charge in [0.1, 0.15) is 4.33 Å². The summed E-state index contributed by atoms with van der Waals surface area (Å²) in [7, 11) is 2.38. The summed E-state index contributed by atoms with van der Waals surface area (Å²) < 4.78 is 47.6. The number of halogens is 5. The Kier molecular flexibility index (Phi) is 4.92. The molecule has 2 aliphatic carbocycles. The fourth-order valence-corrected chi connectivity index (χ4v) is 5.44. The quantitative estimate of drug-likeness (QED) is 0.540. The number of fused-ring (bicyclic) bond motifs is 1. The van der Waals surface area contributed by atoms with Gasteiger partial charge in [-0.05, 0) is 24.5 Å². The minimum atomic E-state index is -4.52. The second-order valence-electron chi connectivity index (χ2n) is 6.92. The minimum absolute atomic E-state index is 0.00157. The van der Waals surface area contributed by atoms with Crippen molar-refractivity contribution in [2.75, 3.05) is 14.2 Å². The fourth-order valence-electron chi connectivity index (χ4n) is 4.36. The zero-order valence-electron chi connectivity index (χ0n) is 14.5. The van der Waals surface area contributed by atoms with Crippen LogP contribution in [0.3, 0.4) is 0 Å². The van der Waals surface area contributed by atoms with Crippen LogP contribution in [0.5, 0.6) is 0 Å². The summed E-state index contributed by atoms with van der Waals surface area (Å²) in [5.74, 6) is -3.45. The van der Waals surface area contributed by atoms with E-state index in [0.29, 0.717) is 5.56 Å². The second kappa shape index (κ2) is 6.55. The van der Waals surface area contributed by atoms with Crippen LogP contribution in [0.25, 0.3) is 0 Å². The van der Waals surface area contributed by atoms with Gasteiger partial charge in [0.15, 0.2) is 0 Å². The molecule has 0 aromatic heterocycles. The average molecular weight is 425 g/mol. The number of methoxy groups -OCH3 is 2. The molecule has 4 atom stereocenters. The van der Waals surface area contributed by atoms with Crippen LogP contribution in [-0.4, -0.2) is 30.5 Å². The highest BCUT2D eigenvalue weighted by Gasteiger charge is 2.79. The minimum Gasteiger partial charge on any atom is -0.469 e. The highest BCUT2D eigenvalue weighted by molar-refractivity contribution is 6.52. The molecule has 4 nitrogen and oxygen atoms in total. The molecule has 0 saturated heterocycles. The van der Waals surface area contributed by atoms with Crippen molar-refractivity contribution in [2.24, 2.45) is 17.8 Å². The van der Waals surface area contributed by atoms with Crippen molar-refractivity contribution >= 4 is 35.1 Å². The van der Waals surface area contributed by atoms with E-state index in [1.165, 1.54) is 26.4 Å². The van der Waals surface area contributed by atoms with Crippen LogP contribution in [0.15, 0.2) is 24.3 Å². The van der Waals surface area contributed by atoms with Gasteiger partial charge < -0.3 is 9.47 Å². The summed E-state index contributed by atoms with van der Waals surface area (Å²) in [5.41, 5.74) is -1.60. The molecule has 2 aliphatic rings. The molecule has 27 heavy (non-hydrogen) atoms. The van der Waals surface area contributed by atoms with Crippen molar-refractivity contribution in [3.63, 3.8) is 0 Å². The van der Waals surface area contributed by atoms with Crippen molar-refractivity contribution in [2.45, 2.75) is 28.8 Å². The van der Waals surface area contributed by atoms with Crippen molar-refractivity contribution in [3.05, 3.63) is 35.4 Å². The summed E-state index contributed by atoms with van der Waals surface area (Å²) in [6.07, 6.45) is -4.41. The van der Waals surface area contributed by atoms with Crippen molar-refractivity contribution in [1.29, 1.82) is 0 Å². The van der Waals surface area contributed by atoms with E-state index >= 15 is 0 Å². The summed E-state index contributed by atoms with van der Waals surface area (Å²) in [4.78, 5) is 24.4. The van der Waals surface area contributed by atoms with E-state index in [0.717, 1.165) is 12.1 Å². The average Bonchev–Trinajstić information content (AvgIpc) is 3.14. The molecule has 1 aromatic carbocycles. The van der Waals surface area contributed by atoms with E-state index in [2.05, 4.69) is 0 Å². The van der Waals surface area contributed by atoms with E-state index in [1.54, 1.807) is 0 Å². The van der Waals surface area contributed by atoms with E-state index < -0.39 is 51.2 Å². The highest BCUT2D eigenvalue weighted by Crippen LogP contribution is 2.76. The van der Waals surface area contributed by atoms with Crippen LogP contribution >= 0.6 is 23.2 Å². The molecule has 0 N–H and O–H groups in total. The Bertz CT molecular complexity index is 780. The number of ether oxygens (including phenoxy) is 2. The first-order valence-electron chi connectivity index (χ1n) is 8.22. The molecule has 9 heteroatoms. The van der Waals surface area contributed by atoms with Gasteiger partial charge in [-0.15, -0.1) is 23.2 Å². The SMILES string of the molecule is COC(=O)[C@H]1C[C@H]2C(Cl)(Cl)[C@@]2(c2cccc(C(F)(F)F)c2)C[C@@H]1C(=O)OC. The maximum atomic E-state index is 13.1. The van der Waals surface area contributed by atoms with E-state index in [-0.39, 0.29) is 12.8 Å². The number of hydrogen-bond donors (Lipinski definition) is 0. The second-order valence-corrected chi connectivity index (χ2v) is 8.31. The normalized spacial score (nSPS) is 31.6. The zero-order chi connectivity index (χ0) is 20.2. The Labute approximate surface area is 163 Å². The van der Waals surface area contributed by atoms with Crippen LogP contribution in [0, 0.1) is 17.8 Å². The molecule has 3 rings (SSSR count). The molecule has 0 bridgehead atoms. The summed E-state index contributed by atoms with van der Waals surface area (Å²) in [6, 6.07) is 4.76. The van der Waals surface area contributed by atoms with Gasteiger partial charge in [0, 0.05) is 11.3 Å². The summed E-state index contributed by atoms with van der Waals surface area (Å²) in [6.45, 7) is 0. The predicted octanol–water partition coefficient (Wildman–Crippen LogP) is 4.12. The lowest BCUT2D eigenvalue weighted by molar-refractivity contribution is -0.160. The molecule has 2 saturated carbocycles. The summed E-state index contributed by atoms with van der Waals surface area (Å²) >= 11 is 13.0. The Morgan fingerprint density at radius 1 is 1.11 bits per heavy atom. The molecule has 0 unspecified atom stereocenters.